The van der Waals surface area contributed by atoms with E-state index in [9.17, 15) is 0 Å². The first-order chi connectivity index (χ1) is 10.7. The van der Waals surface area contributed by atoms with Crippen LogP contribution in [0.15, 0.2) is 4.99 Å². The highest BCUT2D eigenvalue weighted by atomic mass is 32.2. The van der Waals surface area contributed by atoms with Gasteiger partial charge in [0.05, 0.1) is 6.54 Å². The molecule has 1 saturated heterocycles. The summed E-state index contributed by atoms with van der Waals surface area (Å²) in [4.78, 5) is 4.32. The van der Waals surface area contributed by atoms with Gasteiger partial charge >= 0.3 is 0 Å². The van der Waals surface area contributed by atoms with Crippen molar-refractivity contribution in [2.24, 2.45) is 4.99 Å². The fourth-order valence-electron chi connectivity index (χ4n) is 3.13. The molecule has 0 aromatic carbocycles. The molecule has 2 N–H and O–H groups in total. The highest BCUT2D eigenvalue weighted by molar-refractivity contribution is 8.00. The minimum atomic E-state index is 0.339. The lowest BCUT2D eigenvalue weighted by Gasteiger charge is -2.24. The number of aliphatic imine (C=N–C) groups is 1. The Labute approximate surface area is 136 Å². The molecule has 1 aromatic heterocycles. The first kappa shape index (κ1) is 15.6. The molecule has 2 aliphatic rings. The number of aryl methyl sites for hydroxylation is 1. The normalized spacial score (nSPS) is 25.1. The molecule has 0 bridgehead atoms. The molecule has 122 valence electrons. The van der Waals surface area contributed by atoms with Crippen LogP contribution in [0.1, 0.15) is 44.3 Å². The van der Waals surface area contributed by atoms with Crippen molar-refractivity contribution in [1.82, 2.24) is 25.4 Å². The molecule has 0 amide bonds. The minimum absolute atomic E-state index is 0.339. The van der Waals surface area contributed by atoms with Crippen LogP contribution in [0.4, 0.5) is 0 Å². The second-order valence-electron chi connectivity index (χ2n) is 6.32. The predicted molar refractivity (Wildman–Crippen MR) is 91.3 cm³/mol. The zero-order chi connectivity index (χ0) is 15.4. The number of rotatable bonds is 4. The summed E-state index contributed by atoms with van der Waals surface area (Å²) in [6.07, 6.45) is 6.10. The average Bonchev–Trinajstić information content (AvgIpc) is 3.15. The Bertz CT molecular complexity index is 532. The molecule has 3 rings (SSSR count). The van der Waals surface area contributed by atoms with Crippen molar-refractivity contribution in [2.45, 2.75) is 56.9 Å². The molecular weight excluding hydrogens is 296 g/mol. The zero-order valence-electron chi connectivity index (χ0n) is 13.6. The third-order valence-electron chi connectivity index (χ3n) is 4.50. The third-order valence-corrected chi connectivity index (χ3v) is 6.04. The largest absolute Gasteiger partial charge is 0.355 e. The van der Waals surface area contributed by atoms with E-state index in [-0.39, 0.29) is 0 Å². The van der Waals surface area contributed by atoms with Crippen LogP contribution < -0.4 is 10.6 Å². The molecule has 1 fully saturated rings. The highest BCUT2D eigenvalue weighted by Crippen LogP contribution is 2.36. The first-order valence-corrected chi connectivity index (χ1v) is 9.18. The average molecular weight is 322 g/mol. The van der Waals surface area contributed by atoms with E-state index in [1.165, 1.54) is 31.4 Å². The molecule has 7 heteroatoms. The summed E-state index contributed by atoms with van der Waals surface area (Å²) >= 11 is 2.06. The molecule has 1 aromatic rings. The molecular formula is C15H26N6S. The summed E-state index contributed by atoms with van der Waals surface area (Å²) in [7, 11) is 1.82. The van der Waals surface area contributed by atoms with E-state index < -0.39 is 0 Å². The van der Waals surface area contributed by atoms with E-state index in [1.807, 2.05) is 7.05 Å². The smallest absolute Gasteiger partial charge is 0.191 e. The SMILES string of the molecule is CN=C(NCc1nnc2n1CCCC2)NCC1(C)CCCS1. The van der Waals surface area contributed by atoms with E-state index in [1.54, 1.807) is 0 Å². The summed E-state index contributed by atoms with van der Waals surface area (Å²) in [5.74, 6) is 4.26. The number of hydrogen-bond donors (Lipinski definition) is 2. The number of nitrogens with one attached hydrogen (secondary N) is 2. The molecule has 0 saturated carbocycles. The van der Waals surface area contributed by atoms with Crippen LogP contribution in [0.25, 0.3) is 0 Å². The molecule has 1 atom stereocenters. The number of guanidine groups is 1. The van der Waals surface area contributed by atoms with Gasteiger partial charge in [-0.25, -0.2) is 0 Å². The zero-order valence-corrected chi connectivity index (χ0v) is 14.4. The Balaban J connectivity index is 1.52. The standard InChI is InChI=1S/C15H26N6S/c1-15(7-5-9-22-15)11-18-14(16-2)17-10-13-20-19-12-6-3-4-8-21(12)13/h3-11H2,1-2H3,(H2,16,17,18). The molecule has 0 spiro atoms. The molecule has 2 aliphatic heterocycles. The van der Waals surface area contributed by atoms with E-state index in [4.69, 9.17) is 0 Å². The van der Waals surface area contributed by atoms with Gasteiger partial charge in [-0.1, -0.05) is 0 Å². The molecule has 3 heterocycles. The van der Waals surface area contributed by atoms with Crippen molar-refractivity contribution < 1.29 is 0 Å². The van der Waals surface area contributed by atoms with Crippen molar-refractivity contribution in [1.29, 1.82) is 0 Å². The van der Waals surface area contributed by atoms with Crippen LogP contribution in [0.3, 0.4) is 0 Å². The second kappa shape index (κ2) is 6.89. The van der Waals surface area contributed by atoms with Crippen LogP contribution >= 0.6 is 11.8 Å². The molecule has 0 aliphatic carbocycles. The van der Waals surface area contributed by atoms with Crippen LogP contribution in [-0.4, -0.2) is 44.8 Å². The van der Waals surface area contributed by atoms with Crippen molar-refractivity contribution in [3.8, 4) is 0 Å². The first-order valence-electron chi connectivity index (χ1n) is 8.20. The monoisotopic (exact) mass is 322 g/mol. The van der Waals surface area contributed by atoms with Crippen LogP contribution in [0.5, 0.6) is 0 Å². The predicted octanol–water partition coefficient (Wildman–Crippen LogP) is 1.57. The number of fused-ring (bicyclic) bond motifs is 1. The maximum Gasteiger partial charge on any atom is 0.191 e. The van der Waals surface area contributed by atoms with Gasteiger partial charge in [-0.05, 0) is 38.4 Å². The number of thioether (sulfide) groups is 1. The Hall–Kier alpha value is -1.24. The van der Waals surface area contributed by atoms with Crippen molar-refractivity contribution >= 4 is 17.7 Å². The van der Waals surface area contributed by atoms with Crippen LogP contribution in [0.2, 0.25) is 0 Å². The van der Waals surface area contributed by atoms with Gasteiger partial charge < -0.3 is 15.2 Å². The van der Waals surface area contributed by atoms with E-state index in [0.29, 0.717) is 11.3 Å². The van der Waals surface area contributed by atoms with E-state index >= 15 is 0 Å². The maximum atomic E-state index is 4.32. The van der Waals surface area contributed by atoms with Gasteiger partial charge in [0, 0.05) is 31.3 Å². The Morgan fingerprint density at radius 2 is 2.23 bits per heavy atom. The van der Waals surface area contributed by atoms with Gasteiger partial charge in [-0.3, -0.25) is 4.99 Å². The van der Waals surface area contributed by atoms with Gasteiger partial charge in [0.15, 0.2) is 11.8 Å². The fourth-order valence-corrected chi connectivity index (χ4v) is 4.37. The maximum absolute atomic E-state index is 4.32. The van der Waals surface area contributed by atoms with Gasteiger partial charge in [0.25, 0.3) is 0 Å². The van der Waals surface area contributed by atoms with Gasteiger partial charge in [-0.15, -0.1) is 10.2 Å². The topological polar surface area (TPSA) is 67.1 Å². The lowest BCUT2D eigenvalue weighted by atomic mass is 10.1. The van der Waals surface area contributed by atoms with Crippen molar-refractivity contribution in [2.75, 3.05) is 19.3 Å². The summed E-state index contributed by atoms with van der Waals surface area (Å²) < 4.78 is 2.59. The Morgan fingerprint density at radius 1 is 1.32 bits per heavy atom. The highest BCUT2D eigenvalue weighted by Gasteiger charge is 2.29. The number of nitrogens with zero attached hydrogens (tertiary/aromatic N) is 4. The Morgan fingerprint density at radius 3 is 3.00 bits per heavy atom. The Kier molecular flexibility index (Phi) is 4.90. The summed E-state index contributed by atoms with van der Waals surface area (Å²) in [5, 5.41) is 15.4. The molecule has 1 unspecified atom stereocenters. The lowest BCUT2D eigenvalue weighted by molar-refractivity contribution is 0.504. The molecule has 0 radical (unpaired) electrons. The molecule has 22 heavy (non-hydrogen) atoms. The van der Waals surface area contributed by atoms with Crippen molar-refractivity contribution in [3.05, 3.63) is 11.6 Å². The van der Waals surface area contributed by atoms with Gasteiger partial charge in [0.1, 0.15) is 5.82 Å². The van der Waals surface area contributed by atoms with Crippen LogP contribution in [-0.2, 0) is 19.5 Å². The summed E-state index contributed by atoms with van der Waals surface area (Å²) in [6.45, 7) is 5.01. The fraction of sp³-hybridized carbons (Fsp3) is 0.800. The second-order valence-corrected chi connectivity index (χ2v) is 8.00. The van der Waals surface area contributed by atoms with Crippen LogP contribution in [0, 0.1) is 0 Å². The third kappa shape index (κ3) is 3.56. The van der Waals surface area contributed by atoms with Gasteiger partial charge in [-0.2, -0.15) is 11.8 Å². The summed E-state index contributed by atoms with van der Waals surface area (Å²) in [6, 6.07) is 0. The van der Waals surface area contributed by atoms with E-state index in [2.05, 4.69) is 49.1 Å². The number of hydrogen-bond acceptors (Lipinski definition) is 4. The minimum Gasteiger partial charge on any atom is -0.355 e. The quantitative estimate of drug-likeness (QED) is 0.650. The number of aromatic nitrogens is 3. The van der Waals surface area contributed by atoms with Crippen molar-refractivity contribution in [3.63, 3.8) is 0 Å². The lowest BCUT2D eigenvalue weighted by Crippen LogP contribution is -2.43. The molecule has 6 nitrogen and oxygen atoms in total. The van der Waals surface area contributed by atoms with Gasteiger partial charge in [0.2, 0.25) is 0 Å². The van der Waals surface area contributed by atoms with E-state index in [0.717, 1.165) is 37.1 Å². The summed E-state index contributed by atoms with van der Waals surface area (Å²) in [5.41, 5.74) is 0.